The number of nitrogens with one attached hydrogen (secondary N) is 2. The van der Waals surface area contributed by atoms with Crippen LogP contribution in [0.3, 0.4) is 0 Å². The van der Waals surface area contributed by atoms with E-state index in [4.69, 9.17) is 10.1 Å². The van der Waals surface area contributed by atoms with Crippen molar-refractivity contribution >= 4 is 23.8 Å². The Morgan fingerprint density at radius 3 is 2.48 bits per heavy atom. The summed E-state index contributed by atoms with van der Waals surface area (Å²) >= 11 is 0. The van der Waals surface area contributed by atoms with Gasteiger partial charge >= 0.3 is 12.0 Å². The monoisotopic (exact) mass is 660 g/mol. The molecule has 2 atom stereocenters. The number of aromatic nitrogens is 1. The van der Waals surface area contributed by atoms with Gasteiger partial charge in [-0.15, -0.1) is 0 Å². The molecule has 2 aromatic carbocycles. The number of carboxylic acids is 1. The van der Waals surface area contributed by atoms with Crippen LogP contribution in [0.25, 0.3) is 28.5 Å². The molecule has 0 saturated carbocycles. The lowest BCUT2D eigenvalue weighted by Crippen LogP contribution is -2.29. The van der Waals surface area contributed by atoms with E-state index in [1.807, 2.05) is 32.0 Å². The Hall–Kier alpha value is -4.12. The zero-order valence-electron chi connectivity index (χ0n) is 28.4. The quantitative estimate of drug-likeness (QED) is 0.116. The Morgan fingerprint density at radius 2 is 1.79 bits per heavy atom. The zero-order valence-corrected chi connectivity index (χ0v) is 28.4. The highest BCUT2D eigenvalue weighted by Crippen LogP contribution is 2.42. The van der Waals surface area contributed by atoms with Crippen LogP contribution in [0.2, 0.25) is 0 Å². The summed E-state index contributed by atoms with van der Waals surface area (Å²) in [5.74, 6) is -1.49. The summed E-state index contributed by atoms with van der Waals surface area (Å²) < 4.78 is 14.1. The maximum atomic E-state index is 14.1. The average molecular weight is 661 g/mol. The Bertz CT molecular complexity index is 1590. The molecule has 0 aliphatic heterocycles. The summed E-state index contributed by atoms with van der Waals surface area (Å²) in [6, 6.07) is 12.0. The van der Waals surface area contributed by atoms with Crippen molar-refractivity contribution in [1.82, 2.24) is 15.2 Å². The number of carbonyl (C=O) groups excluding carboxylic acids is 1. The topological polar surface area (TPSA) is 135 Å². The maximum Gasteiger partial charge on any atom is 0.319 e. The van der Waals surface area contributed by atoms with E-state index in [-0.39, 0.29) is 24.2 Å². The number of hydrogen-bond donors (Lipinski definition) is 5. The fourth-order valence-electron chi connectivity index (χ4n) is 6.20. The van der Waals surface area contributed by atoms with Gasteiger partial charge < -0.3 is 30.9 Å². The van der Waals surface area contributed by atoms with E-state index >= 15 is 0 Å². The zero-order chi connectivity index (χ0) is 34.8. The van der Waals surface area contributed by atoms with Gasteiger partial charge in [0.25, 0.3) is 0 Å². The number of benzene rings is 2. The second-order valence-corrected chi connectivity index (χ2v) is 13.2. The van der Waals surface area contributed by atoms with Gasteiger partial charge in [-0.1, -0.05) is 50.6 Å². The summed E-state index contributed by atoms with van der Waals surface area (Å²) in [4.78, 5) is 31.0. The summed E-state index contributed by atoms with van der Waals surface area (Å²) in [5.41, 5.74) is 7.93. The number of aliphatic hydroxyl groups is 2. The Kier molecular flexibility index (Phi) is 13.3. The molecule has 0 saturated heterocycles. The number of anilines is 1. The van der Waals surface area contributed by atoms with Crippen molar-refractivity contribution in [3.63, 3.8) is 0 Å². The predicted molar refractivity (Wildman–Crippen MR) is 189 cm³/mol. The van der Waals surface area contributed by atoms with E-state index in [1.54, 1.807) is 24.3 Å². The van der Waals surface area contributed by atoms with E-state index in [9.17, 15) is 24.2 Å². The van der Waals surface area contributed by atoms with Crippen LogP contribution in [-0.4, -0.2) is 76.6 Å². The molecule has 2 amide bonds. The fourth-order valence-corrected chi connectivity index (χ4v) is 6.20. The highest BCUT2D eigenvalue weighted by Gasteiger charge is 2.26. The largest absolute Gasteiger partial charge is 0.481 e. The molecule has 48 heavy (non-hydrogen) atoms. The molecule has 1 heterocycles. The number of carbonyl (C=O) groups is 2. The van der Waals surface area contributed by atoms with Crippen molar-refractivity contribution in [2.45, 2.75) is 83.3 Å². The number of carboxylic acid groups (broad SMARTS) is 1. The van der Waals surface area contributed by atoms with E-state index in [0.29, 0.717) is 18.7 Å². The third-order valence-electron chi connectivity index (χ3n) is 8.51. The van der Waals surface area contributed by atoms with Crippen LogP contribution in [0.5, 0.6) is 0 Å². The molecule has 258 valence electrons. The number of unbranched alkanes of at least 4 members (excludes halogenated alkanes) is 2. The second kappa shape index (κ2) is 17.3. The van der Waals surface area contributed by atoms with Gasteiger partial charge in [0.15, 0.2) is 0 Å². The molecule has 9 nitrogen and oxygen atoms in total. The molecule has 0 spiro atoms. The highest BCUT2D eigenvalue weighted by atomic mass is 19.1. The van der Waals surface area contributed by atoms with E-state index in [2.05, 4.69) is 29.6 Å². The van der Waals surface area contributed by atoms with Crippen molar-refractivity contribution in [2.24, 2.45) is 0 Å². The molecule has 1 aromatic heterocycles. The number of aliphatic hydroxyl groups excluding tert-OH is 2. The SMILES string of the molecule is CC(C)c1nc2c(c(-c3ccc(F)cc3)c1C=C[C@@H](O)C[C@@H](O)CC(=O)O)CCCc1cc(NC(=O)NCCCCCN(C)C)ccc1-2. The maximum absolute atomic E-state index is 14.1. The first-order chi connectivity index (χ1) is 22.9. The minimum absolute atomic E-state index is 0.0110. The molecule has 0 unspecified atom stereocenters. The molecule has 3 aromatic rings. The van der Waals surface area contributed by atoms with Gasteiger partial charge in [-0.3, -0.25) is 9.78 Å². The number of amides is 2. The van der Waals surface area contributed by atoms with Crippen molar-refractivity contribution < 1.29 is 29.3 Å². The van der Waals surface area contributed by atoms with E-state index in [0.717, 1.165) is 83.4 Å². The normalized spacial score (nSPS) is 14.0. The Labute approximate surface area is 282 Å². The number of aliphatic carboxylic acids is 1. The van der Waals surface area contributed by atoms with E-state index in [1.165, 1.54) is 12.1 Å². The number of hydrogen-bond acceptors (Lipinski definition) is 6. The number of fused-ring (bicyclic) bond motifs is 3. The Balaban J connectivity index is 1.67. The third kappa shape index (κ3) is 10.2. The summed E-state index contributed by atoms with van der Waals surface area (Å²) in [5, 5.41) is 35.7. The van der Waals surface area contributed by atoms with Crippen LogP contribution < -0.4 is 10.6 Å². The molecule has 10 heteroatoms. The average Bonchev–Trinajstić information content (AvgIpc) is 3.19. The van der Waals surface area contributed by atoms with Gasteiger partial charge in [0.05, 0.1) is 30.0 Å². The van der Waals surface area contributed by atoms with Gasteiger partial charge in [0.1, 0.15) is 5.82 Å². The summed E-state index contributed by atoms with van der Waals surface area (Å²) in [6.07, 6.45) is 5.89. The second-order valence-electron chi connectivity index (χ2n) is 13.2. The van der Waals surface area contributed by atoms with Crippen LogP contribution in [0, 0.1) is 5.82 Å². The third-order valence-corrected chi connectivity index (χ3v) is 8.51. The lowest BCUT2D eigenvalue weighted by Gasteiger charge is -2.22. The molecule has 0 bridgehead atoms. The minimum Gasteiger partial charge on any atom is -0.481 e. The lowest BCUT2D eigenvalue weighted by molar-refractivity contribution is -0.139. The highest BCUT2D eigenvalue weighted by molar-refractivity contribution is 5.91. The predicted octanol–water partition coefficient (Wildman–Crippen LogP) is 6.62. The first-order valence-corrected chi connectivity index (χ1v) is 16.8. The fraction of sp³-hybridized carbons (Fsp3) is 0.447. The molecule has 4 rings (SSSR count). The molecule has 0 fully saturated rings. The summed E-state index contributed by atoms with van der Waals surface area (Å²) in [7, 11) is 4.11. The van der Waals surface area contributed by atoms with Crippen molar-refractivity contribution in [1.29, 1.82) is 0 Å². The van der Waals surface area contributed by atoms with Gasteiger partial charge in [-0.2, -0.15) is 0 Å². The van der Waals surface area contributed by atoms with Crippen molar-refractivity contribution in [3.8, 4) is 22.4 Å². The van der Waals surface area contributed by atoms with Crippen LogP contribution in [0.15, 0.2) is 48.5 Å². The van der Waals surface area contributed by atoms with E-state index < -0.39 is 24.6 Å². The number of halogens is 1. The van der Waals surface area contributed by atoms with Crippen LogP contribution in [0.4, 0.5) is 14.9 Å². The Morgan fingerprint density at radius 1 is 1.04 bits per heavy atom. The number of pyridine rings is 1. The lowest BCUT2D eigenvalue weighted by atomic mass is 9.86. The summed E-state index contributed by atoms with van der Waals surface area (Å²) in [6.45, 7) is 5.73. The van der Waals surface area contributed by atoms with Gasteiger partial charge in [0, 0.05) is 29.8 Å². The van der Waals surface area contributed by atoms with Gasteiger partial charge in [-0.05, 0) is 105 Å². The molecular weight excluding hydrogens is 611 g/mol. The molecule has 1 aliphatic rings. The molecule has 5 N–H and O–H groups in total. The first kappa shape index (κ1) is 36.7. The standard InChI is InChI=1S/C38H49FN4O5/c1-24(2)36-33(18-16-29(44)22-30(45)23-34(46)47)35(25-11-13-27(39)14-12-25)32-10-8-9-26-21-28(15-17-31(26)37(32)42-36)41-38(48)40-19-6-5-7-20-43(3)4/h11-18,21,24,29-30,44-45H,5-10,19-20,22-23H2,1-4H3,(H,46,47)(H2,40,41,48)/t29-,30-/m1/s1. The minimum atomic E-state index is -1.19. The number of rotatable bonds is 15. The molecule has 0 radical (unpaired) electrons. The number of aryl methyl sites for hydroxylation is 1. The van der Waals surface area contributed by atoms with Crippen LogP contribution in [0.1, 0.15) is 80.7 Å². The van der Waals surface area contributed by atoms with Crippen molar-refractivity contribution in [3.05, 3.63) is 76.7 Å². The smallest absolute Gasteiger partial charge is 0.319 e. The first-order valence-electron chi connectivity index (χ1n) is 16.8. The van der Waals surface area contributed by atoms with Crippen LogP contribution in [-0.2, 0) is 17.6 Å². The number of nitrogens with zero attached hydrogens (tertiary/aromatic N) is 2. The molecule has 1 aliphatic carbocycles. The van der Waals surface area contributed by atoms with Crippen LogP contribution >= 0.6 is 0 Å². The molecular formula is C38H49FN4O5. The van der Waals surface area contributed by atoms with Gasteiger partial charge in [-0.25, -0.2) is 9.18 Å². The van der Waals surface area contributed by atoms with Gasteiger partial charge in [0.2, 0.25) is 0 Å². The number of urea groups is 1. The van der Waals surface area contributed by atoms with Crippen molar-refractivity contribution in [2.75, 3.05) is 32.5 Å².